The van der Waals surface area contributed by atoms with Crippen molar-refractivity contribution in [3.05, 3.63) is 51.3 Å². The Morgan fingerprint density at radius 3 is 2.56 bits per heavy atom. The number of benzene rings is 1. The summed E-state index contributed by atoms with van der Waals surface area (Å²) in [5.74, 6) is -3.28. The van der Waals surface area contributed by atoms with Gasteiger partial charge in [0.15, 0.2) is 12.0 Å². The molecule has 0 aliphatic carbocycles. The quantitative estimate of drug-likeness (QED) is 0.119. The molecule has 0 saturated carbocycles. The molecule has 174 valence electrons. The molecule has 4 rings (SSSR count). The number of carboxylic acid groups (broad SMARTS) is 2. The number of nitrogen functional groups attached to an aromatic ring is 1. The molecule has 2 aliphatic heterocycles. The molecule has 7 N–H and O–H groups in total. The first-order chi connectivity index (χ1) is 15.6. The summed E-state index contributed by atoms with van der Waals surface area (Å²) in [5.41, 5.74) is 5.26. The second-order valence-electron chi connectivity index (χ2n) is 7.84. The SMILES string of the molecule is Nc1nc(=O)c2c(n1O)NC1OC21CCc1ccc(C(=O)NC(CCC(=O)O)C(=O)O)cc1.[Na+]. The largest absolute Gasteiger partial charge is 1.00 e. The Morgan fingerprint density at radius 1 is 1.26 bits per heavy atom. The van der Waals surface area contributed by atoms with Gasteiger partial charge in [-0.2, -0.15) is 4.98 Å². The number of aromatic nitrogens is 2. The third-order valence-electron chi connectivity index (χ3n) is 5.73. The number of hydrogen-bond donors (Lipinski definition) is 6. The van der Waals surface area contributed by atoms with E-state index in [1.165, 1.54) is 12.1 Å². The van der Waals surface area contributed by atoms with Gasteiger partial charge in [-0.3, -0.25) is 14.4 Å². The predicted molar refractivity (Wildman–Crippen MR) is 111 cm³/mol. The van der Waals surface area contributed by atoms with Crippen LogP contribution < -0.4 is 51.5 Å². The monoisotopic (exact) mass is 482 g/mol. The van der Waals surface area contributed by atoms with Crippen LogP contribution in [0.5, 0.6) is 0 Å². The molecule has 1 fully saturated rings. The molecule has 0 radical (unpaired) electrons. The first-order valence-electron chi connectivity index (χ1n) is 10.0. The number of nitrogens with zero attached hydrogens (tertiary/aromatic N) is 2. The van der Waals surface area contributed by atoms with Crippen LogP contribution in [0.3, 0.4) is 0 Å². The van der Waals surface area contributed by atoms with E-state index >= 15 is 0 Å². The Bertz CT molecular complexity index is 1200. The van der Waals surface area contributed by atoms with Gasteiger partial charge in [-0.1, -0.05) is 12.1 Å². The van der Waals surface area contributed by atoms with E-state index in [-0.39, 0.29) is 65.3 Å². The number of carbonyl (C=O) groups excluding carboxylic acids is 1. The van der Waals surface area contributed by atoms with Crippen LogP contribution in [0.25, 0.3) is 0 Å². The van der Waals surface area contributed by atoms with Crippen LogP contribution in [0, 0.1) is 0 Å². The maximum Gasteiger partial charge on any atom is 1.00 e. The van der Waals surface area contributed by atoms with Crippen LogP contribution in [-0.4, -0.2) is 55.3 Å². The van der Waals surface area contributed by atoms with Crippen molar-refractivity contribution in [1.29, 1.82) is 0 Å². The number of anilines is 2. The summed E-state index contributed by atoms with van der Waals surface area (Å²) in [6, 6.07) is 5.10. The fourth-order valence-electron chi connectivity index (χ4n) is 3.91. The molecule has 34 heavy (non-hydrogen) atoms. The van der Waals surface area contributed by atoms with Gasteiger partial charge >= 0.3 is 41.5 Å². The number of rotatable bonds is 9. The van der Waals surface area contributed by atoms with Crippen molar-refractivity contribution < 1.29 is 64.1 Å². The van der Waals surface area contributed by atoms with E-state index in [0.717, 1.165) is 5.56 Å². The van der Waals surface area contributed by atoms with Gasteiger partial charge in [-0.05, 0) is 37.0 Å². The average molecular weight is 482 g/mol. The number of aliphatic carboxylic acids is 2. The van der Waals surface area contributed by atoms with Crippen molar-refractivity contribution in [2.45, 2.75) is 43.6 Å². The zero-order valence-electron chi connectivity index (χ0n) is 18.1. The van der Waals surface area contributed by atoms with Crippen molar-refractivity contribution >= 4 is 29.6 Å². The molecule has 1 aromatic heterocycles. The van der Waals surface area contributed by atoms with Gasteiger partial charge in [-0.15, -0.1) is 4.73 Å². The van der Waals surface area contributed by atoms with Gasteiger partial charge in [0.2, 0.25) is 5.95 Å². The van der Waals surface area contributed by atoms with Gasteiger partial charge in [0.05, 0.1) is 5.56 Å². The van der Waals surface area contributed by atoms with Gasteiger partial charge in [0.1, 0.15) is 11.6 Å². The Morgan fingerprint density at radius 2 is 1.94 bits per heavy atom. The summed E-state index contributed by atoms with van der Waals surface area (Å²) in [6.07, 6.45) is -0.219. The van der Waals surface area contributed by atoms with E-state index in [9.17, 15) is 29.5 Å². The third-order valence-corrected chi connectivity index (χ3v) is 5.73. The summed E-state index contributed by atoms with van der Waals surface area (Å²) in [5, 5.41) is 33.1. The normalized spacial score (nSPS) is 20.2. The molecule has 13 nitrogen and oxygen atoms in total. The van der Waals surface area contributed by atoms with Gasteiger partial charge in [0.25, 0.3) is 11.5 Å². The molecular formula is C20H21N5NaO8+. The van der Waals surface area contributed by atoms with Crippen LogP contribution in [0.1, 0.15) is 40.7 Å². The second kappa shape index (κ2) is 9.62. The molecule has 1 saturated heterocycles. The molecule has 0 bridgehead atoms. The van der Waals surface area contributed by atoms with Gasteiger partial charge in [-0.25, -0.2) is 4.79 Å². The molecule has 3 heterocycles. The molecule has 3 atom stereocenters. The maximum atomic E-state index is 12.3. The maximum absolute atomic E-state index is 12.3. The second-order valence-corrected chi connectivity index (χ2v) is 7.84. The number of nitrogens with two attached hydrogens (primary N) is 1. The van der Waals surface area contributed by atoms with E-state index in [4.69, 9.17) is 15.6 Å². The number of carbonyl (C=O) groups is 3. The predicted octanol–water partition coefficient (Wildman–Crippen LogP) is -3.28. The Kier molecular flexibility index (Phi) is 7.21. The number of hydrogen-bond acceptors (Lipinski definition) is 9. The van der Waals surface area contributed by atoms with Crippen molar-refractivity contribution in [2.24, 2.45) is 0 Å². The Balaban J connectivity index is 0.00000324. The van der Waals surface area contributed by atoms with Crippen molar-refractivity contribution in [3.8, 4) is 0 Å². The zero-order valence-corrected chi connectivity index (χ0v) is 20.1. The topological polar surface area (TPSA) is 209 Å². The van der Waals surface area contributed by atoms with Crippen molar-refractivity contribution in [2.75, 3.05) is 11.1 Å². The summed E-state index contributed by atoms with van der Waals surface area (Å²) < 4.78 is 6.27. The van der Waals surface area contributed by atoms with Crippen LogP contribution in [-0.2, 0) is 26.3 Å². The minimum atomic E-state index is -1.32. The fourth-order valence-corrected chi connectivity index (χ4v) is 3.91. The number of aryl methyl sites for hydroxylation is 1. The minimum absolute atomic E-state index is 0. The number of ether oxygens (including phenoxy) is 1. The first kappa shape index (κ1) is 25.5. The van der Waals surface area contributed by atoms with Crippen LogP contribution in [0.4, 0.5) is 11.8 Å². The molecule has 2 aromatic rings. The molecule has 2 aliphatic rings. The zero-order chi connectivity index (χ0) is 23.9. The first-order valence-corrected chi connectivity index (χ1v) is 10.0. The van der Waals surface area contributed by atoms with Crippen LogP contribution in [0.2, 0.25) is 0 Å². The number of nitrogens with one attached hydrogen (secondary N) is 2. The Labute approximate surface area is 214 Å². The smallest absolute Gasteiger partial charge is 0.481 e. The van der Waals surface area contributed by atoms with Crippen LogP contribution in [0.15, 0.2) is 29.1 Å². The summed E-state index contributed by atoms with van der Waals surface area (Å²) >= 11 is 0. The number of carboxylic acids is 2. The van der Waals surface area contributed by atoms with E-state index in [1.807, 2.05) is 0 Å². The molecule has 1 aromatic carbocycles. The van der Waals surface area contributed by atoms with Crippen molar-refractivity contribution in [1.82, 2.24) is 15.0 Å². The summed E-state index contributed by atoms with van der Waals surface area (Å²) in [7, 11) is 0. The molecule has 1 amide bonds. The molecule has 0 spiro atoms. The average Bonchev–Trinajstić information content (AvgIpc) is 3.36. The van der Waals surface area contributed by atoms with Gasteiger partial charge < -0.3 is 36.5 Å². The summed E-state index contributed by atoms with van der Waals surface area (Å²) in [4.78, 5) is 50.2. The fraction of sp³-hybridized carbons (Fsp3) is 0.350. The van der Waals surface area contributed by atoms with E-state index in [1.54, 1.807) is 12.1 Å². The molecule has 3 unspecified atom stereocenters. The van der Waals surface area contributed by atoms with E-state index < -0.39 is 41.3 Å². The van der Waals surface area contributed by atoms with Crippen molar-refractivity contribution in [3.63, 3.8) is 0 Å². The van der Waals surface area contributed by atoms with Crippen LogP contribution >= 0.6 is 0 Å². The molecular weight excluding hydrogens is 461 g/mol. The van der Waals surface area contributed by atoms with E-state index in [2.05, 4.69) is 15.6 Å². The molecule has 14 heteroatoms. The Hall–Kier alpha value is -3.13. The minimum Gasteiger partial charge on any atom is -0.481 e. The van der Waals surface area contributed by atoms with E-state index in [0.29, 0.717) is 17.6 Å². The number of epoxide rings is 1. The number of fused-ring (bicyclic) bond motifs is 3. The van der Waals surface area contributed by atoms with Gasteiger partial charge in [0, 0.05) is 12.0 Å². The standard InChI is InChI=1S/C20H21N5O8.Na/c21-19-24-16(29)13-14(25(19)32)23-18-20(13,33-18)8-7-9-1-3-10(4-2-9)15(28)22-11(17(30)31)5-6-12(26)27;/h1-4,11,18,23,32H,5-8H2,(H,22,28)(H,26,27)(H,30,31)(H2,21,24,29);/q;+1. The summed E-state index contributed by atoms with van der Waals surface area (Å²) in [6.45, 7) is 0. The number of amides is 1. The third kappa shape index (κ3) is 4.73.